The maximum absolute atomic E-state index is 12.2. The van der Waals surface area contributed by atoms with Gasteiger partial charge in [0.2, 0.25) is 0 Å². The molecule has 7 heteroatoms. The number of hydrogen-bond acceptors (Lipinski definition) is 4. The topological polar surface area (TPSA) is 68.8 Å². The van der Waals surface area contributed by atoms with Crippen molar-refractivity contribution in [2.75, 3.05) is 34.2 Å². The Morgan fingerprint density at radius 1 is 1.12 bits per heavy atom. The smallest absolute Gasteiger partial charge is 0.251 e. The minimum absolute atomic E-state index is 0.0473. The summed E-state index contributed by atoms with van der Waals surface area (Å²) in [4.78, 5) is 19.7. The number of aliphatic imine (C=N–C) groups is 1. The number of carbonyl (C=O) groups is 1. The highest BCUT2D eigenvalue weighted by Gasteiger charge is 2.06. The molecule has 140 valence electrons. The molecule has 1 aromatic heterocycles. The third-order valence-corrected chi connectivity index (χ3v) is 4.60. The summed E-state index contributed by atoms with van der Waals surface area (Å²) in [5, 5.41) is 11.6. The average molecular weight is 374 g/mol. The quantitative estimate of drug-likeness (QED) is 0.488. The Bertz CT molecular complexity index is 712. The number of likely N-dealkylation sites (N-methyl/N-ethyl adjacent to an activating group) is 1. The maximum Gasteiger partial charge on any atom is 0.251 e. The number of hydrogen-bond donors (Lipinski definition) is 3. The fraction of sp³-hybridized carbons (Fsp3) is 0.368. The van der Waals surface area contributed by atoms with Gasteiger partial charge in [-0.05, 0) is 43.2 Å². The van der Waals surface area contributed by atoms with Gasteiger partial charge < -0.3 is 20.9 Å². The molecular weight excluding hydrogens is 346 g/mol. The Hall–Kier alpha value is -2.38. The number of carbonyl (C=O) groups excluding carboxylic acids is 1. The molecule has 0 bridgehead atoms. The summed E-state index contributed by atoms with van der Waals surface area (Å²) in [6, 6.07) is 11.8. The van der Waals surface area contributed by atoms with E-state index in [2.05, 4.69) is 32.4 Å². The van der Waals surface area contributed by atoms with Crippen LogP contribution in [0.25, 0.3) is 0 Å². The molecule has 0 saturated heterocycles. The number of rotatable bonds is 8. The Labute approximate surface area is 159 Å². The van der Waals surface area contributed by atoms with Crippen LogP contribution in [-0.4, -0.2) is 51.0 Å². The van der Waals surface area contributed by atoms with Crippen LogP contribution in [0, 0.1) is 0 Å². The largest absolute Gasteiger partial charge is 0.352 e. The summed E-state index contributed by atoms with van der Waals surface area (Å²) >= 11 is 1.71. The van der Waals surface area contributed by atoms with Crippen LogP contribution in [-0.2, 0) is 13.1 Å². The molecule has 0 aliphatic carbocycles. The summed E-state index contributed by atoms with van der Waals surface area (Å²) in [7, 11) is 5.72. The lowest BCUT2D eigenvalue weighted by Gasteiger charge is -2.13. The lowest BCUT2D eigenvalue weighted by atomic mass is 10.1. The summed E-state index contributed by atoms with van der Waals surface area (Å²) < 4.78 is 0. The monoisotopic (exact) mass is 373 g/mol. The van der Waals surface area contributed by atoms with E-state index >= 15 is 0 Å². The molecule has 2 rings (SSSR count). The van der Waals surface area contributed by atoms with Crippen molar-refractivity contribution >= 4 is 23.2 Å². The van der Waals surface area contributed by atoms with E-state index in [0.29, 0.717) is 18.7 Å². The van der Waals surface area contributed by atoms with Crippen molar-refractivity contribution < 1.29 is 4.79 Å². The lowest BCUT2D eigenvalue weighted by molar-refractivity contribution is 0.0951. The highest BCUT2D eigenvalue weighted by Crippen LogP contribution is 2.07. The third kappa shape index (κ3) is 6.85. The van der Waals surface area contributed by atoms with E-state index in [-0.39, 0.29) is 5.91 Å². The van der Waals surface area contributed by atoms with Gasteiger partial charge in [-0.2, -0.15) is 0 Å². The fourth-order valence-corrected chi connectivity index (χ4v) is 2.95. The zero-order valence-electron chi connectivity index (χ0n) is 15.6. The Kier molecular flexibility index (Phi) is 8.11. The second kappa shape index (κ2) is 10.6. The number of amides is 1. The fourth-order valence-electron chi connectivity index (χ4n) is 2.31. The van der Waals surface area contributed by atoms with Crippen LogP contribution in [0.1, 0.15) is 20.8 Å². The predicted octanol–water partition coefficient (Wildman–Crippen LogP) is 1.90. The highest BCUT2D eigenvalue weighted by molar-refractivity contribution is 7.09. The van der Waals surface area contributed by atoms with Gasteiger partial charge in [0.25, 0.3) is 5.91 Å². The van der Waals surface area contributed by atoms with E-state index in [9.17, 15) is 4.79 Å². The summed E-state index contributed by atoms with van der Waals surface area (Å²) in [6.45, 7) is 2.79. The first kappa shape index (κ1) is 19.9. The van der Waals surface area contributed by atoms with Crippen LogP contribution in [0.2, 0.25) is 0 Å². The Morgan fingerprint density at radius 3 is 2.62 bits per heavy atom. The van der Waals surface area contributed by atoms with E-state index in [1.54, 1.807) is 18.4 Å². The van der Waals surface area contributed by atoms with Gasteiger partial charge in [0, 0.05) is 37.1 Å². The molecule has 0 saturated carbocycles. The van der Waals surface area contributed by atoms with E-state index in [1.165, 1.54) is 4.88 Å². The van der Waals surface area contributed by atoms with Gasteiger partial charge in [0.15, 0.2) is 5.96 Å². The third-order valence-electron chi connectivity index (χ3n) is 3.73. The molecule has 0 aliphatic rings. The molecule has 1 aromatic carbocycles. The molecule has 1 heterocycles. The van der Waals surface area contributed by atoms with E-state index in [0.717, 1.165) is 24.6 Å². The average Bonchev–Trinajstić information content (AvgIpc) is 3.15. The predicted molar refractivity (Wildman–Crippen MR) is 109 cm³/mol. The minimum Gasteiger partial charge on any atom is -0.352 e. The van der Waals surface area contributed by atoms with Crippen molar-refractivity contribution in [1.82, 2.24) is 20.9 Å². The van der Waals surface area contributed by atoms with Crippen LogP contribution >= 0.6 is 11.3 Å². The van der Waals surface area contributed by atoms with E-state index in [1.807, 2.05) is 49.3 Å². The number of nitrogens with one attached hydrogen (secondary N) is 3. The zero-order valence-corrected chi connectivity index (χ0v) is 16.4. The Morgan fingerprint density at radius 2 is 1.92 bits per heavy atom. The second-order valence-electron chi connectivity index (χ2n) is 6.12. The zero-order chi connectivity index (χ0) is 18.8. The van der Waals surface area contributed by atoms with E-state index in [4.69, 9.17) is 0 Å². The maximum atomic E-state index is 12.2. The Balaban J connectivity index is 1.83. The van der Waals surface area contributed by atoms with Gasteiger partial charge in [-0.25, -0.2) is 0 Å². The molecule has 0 fully saturated rings. The molecule has 2 aromatic rings. The molecular formula is C19H27N5OS. The van der Waals surface area contributed by atoms with E-state index < -0.39 is 0 Å². The normalized spacial score (nSPS) is 11.5. The molecule has 1 amide bonds. The number of guanidine groups is 1. The summed E-state index contributed by atoms with van der Waals surface area (Å²) in [5.41, 5.74) is 1.70. The lowest BCUT2D eigenvalue weighted by Crippen LogP contribution is -2.36. The summed E-state index contributed by atoms with van der Waals surface area (Å²) in [6.07, 6.45) is 0. The highest BCUT2D eigenvalue weighted by atomic mass is 32.1. The van der Waals surface area contributed by atoms with Gasteiger partial charge in [-0.15, -0.1) is 11.3 Å². The number of nitrogens with zero attached hydrogens (tertiary/aromatic N) is 2. The van der Waals surface area contributed by atoms with Gasteiger partial charge in [-0.3, -0.25) is 9.79 Å². The van der Waals surface area contributed by atoms with Crippen LogP contribution < -0.4 is 16.0 Å². The first-order valence-electron chi connectivity index (χ1n) is 8.57. The van der Waals surface area contributed by atoms with Gasteiger partial charge in [0.05, 0.1) is 6.54 Å². The molecule has 0 radical (unpaired) electrons. The second-order valence-corrected chi connectivity index (χ2v) is 7.15. The summed E-state index contributed by atoms with van der Waals surface area (Å²) in [5.74, 6) is 0.688. The standard InChI is InChI=1S/C19H27N5OS/c1-20-19(23-14-17-8-5-11-26-17)22-13-15-6-4-7-16(12-15)18(25)21-9-10-24(2)3/h4-8,11-12H,9-10,13-14H2,1-3H3,(H,21,25)(H2,20,22,23). The molecule has 3 N–H and O–H groups in total. The first-order chi connectivity index (χ1) is 12.6. The van der Waals surface area contributed by atoms with Crippen molar-refractivity contribution in [2.45, 2.75) is 13.1 Å². The van der Waals surface area contributed by atoms with Gasteiger partial charge in [-0.1, -0.05) is 18.2 Å². The number of benzene rings is 1. The van der Waals surface area contributed by atoms with Crippen molar-refractivity contribution in [2.24, 2.45) is 4.99 Å². The van der Waals surface area contributed by atoms with Crippen molar-refractivity contribution in [1.29, 1.82) is 0 Å². The number of thiophene rings is 1. The van der Waals surface area contributed by atoms with Crippen LogP contribution in [0.4, 0.5) is 0 Å². The molecule has 0 atom stereocenters. The SMILES string of the molecule is CN=C(NCc1cccc(C(=O)NCCN(C)C)c1)NCc1cccs1. The molecule has 0 aliphatic heterocycles. The van der Waals surface area contributed by atoms with Crippen molar-refractivity contribution in [3.63, 3.8) is 0 Å². The minimum atomic E-state index is -0.0473. The molecule has 6 nitrogen and oxygen atoms in total. The first-order valence-corrected chi connectivity index (χ1v) is 9.45. The van der Waals surface area contributed by atoms with Crippen molar-refractivity contribution in [3.05, 3.63) is 57.8 Å². The molecule has 0 unspecified atom stereocenters. The van der Waals surface area contributed by atoms with Crippen LogP contribution in [0.5, 0.6) is 0 Å². The molecule has 0 spiro atoms. The van der Waals surface area contributed by atoms with Gasteiger partial charge >= 0.3 is 0 Å². The van der Waals surface area contributed by atoms with Gasteiger partial charge in [0.1, 0.15) is 0 Å². The van der Waals surface area contributed by atoms with Crippen molar-refractivity contribution in [3.8, 4) is 0 Å². The van der Waals surface area contributed by atoms with Crippen LogP contribution in [0.15, 0.2) is 46.8 Å². The molecule has 26 heavy (non-hydrogen) atoms. The van der Waals surface area contributed by atoms with Crippen LogP contribution in [0.3, 0.4) is 0 Å².